The van der Waals surface area contributed by atoms with Crippen molar-refractivity contribution >= 4 is 0 Å². The molecule has 1 unspecified atom stereocenters. The molecule has 0 saturated heterocycles. The molecule has 10 heavy (non-hydrogen) atoms. The van der Waals surface area contributed by atoms with Gasteiger partial charge in [0, 0.05) is 31.1 Å². The Morgan fingerprint density at radius 3 is 2.20 bits per heavy atom. The Labute approximate surface area is 86.8 Å². The van der Waals surface area contributed by atoms with E-state index < -0.39 is 0 Å². The van der Waals surface area contributed by atoms with Crippen LogP contribution in [0.15, 0.2) is 0 Å². The minimum Gasteiger partial charge on any atom is -0.458 e. The Hall–Kier alpha value is 0.502. The van der Waals surface area contributed by atoms with Gasteiger partial charge in [-0.15, -0.1) is 0 Å². The quantitative estimate of drug-likeness (QED) is 0.768. The molecule has 3 heteroatoms. The molecule has 0 saturated carbocycles. The Kier molecular flexibility index (Phi) is 9.98. The summed E-state index contributed by atoms with van der Waals surface area (Å²) in [4.78, 5) is 0. The van der Waals surface area contributed by atoms with Crippen LogP contribution in [-0.4, -0.2) is 6.04 Å². The summed E-state index contributed by atoms with van der Waals surface area (Å²) in [5.74, 6) is 0.559. The zero-order chi connectivity index (χ0) is 7.28. The SMILES string of the molecule is [CH2-]NC(C#N)CC(C)C.[U]. The molecule has 0 aromatic carbocycles. The first-order valence-electron chi connectivity index (χ1n) is 3.13. The van der Waals surface area contributed by atoms with Gasteiger partial charge >= 0.3 is 0 Å². The molecule has 0 heterocycles. The largest absolute Gasteiger partial charge is 0.458 e. The summed E-state index contributed by atoms with van der Waals surface area (Å²) >= 11 is 0. The van der Waals surface area contributed by atoms with E-state index in [4.69, 9.17) is 5.26 Å². The van der Waals surface area contributed by atoms with E-state index in [1.54, 1.807) is 0 Å². The molecule has 0 spiro atoms. The number of nitrogens with one attached hydrogen (secondary N) is 1. The van der Waals surface area contributed by atoms with Crippen molar-refractivity contribution in [2.24, 2.45) is 5.92 Å². The molecule has 0 radical (unpaired) electrons. The first-order valence-corrected chi connectivity index (χ1v) is 3.13. The van der Waals surface area contributed by atoms with Gasteiger partial charge in [0.05, 0.1) is 12.1 Å². The standard InChI is InChI=1S/C7H13N2.U/c1-6(2)4-7(5-8)9-3;/h6-7,9H,3-4H2,1-2H3;/q-1;. The van der Waals surface area contributed by atoms with E-state index in [9.17, 15) is 0 Å². The van der Waals surface area contributed by atoms with Crippen LogP contribution in [0.2, 0.25) is 0 Å². The van der Waals surface area contributed by atoms with Crippen LogP contribution < -0.4 is 5.32 Å². The van der Waals surface area contributed by atoms with Crippen molar-refractivity contribution in [3.8, 4) is 6.07 Å². The summed E-state index contributed by atoms with van der Waals surface area (Å²) in [6.07, 6.45) is 0.875. The smallest absolute Gasteiger partial charge is 0.0785 e. The number of hydrogen-bond donors (Lipinski definition) is 1. The van der Waals surface area contributed by atoms with Crippen molar-refractivity contribution in [2.45, 2.75) is 26.3 Å². The zero-order valence-corrected chi connectivity index (χ0v) is 10.7. The van der Waals surface area contributed by atoms with Crippen molar-refractivity contribution in [1.82, 2.24) is 5.32 Å². The second-order valence-electron chi connectivity index (χ2n) is 2.52. The van der Waals surface area contributed by atoms with Gasteiger partial charge in [-0.05, 0) is 12.3 Å². The molecular weight excluding hydrogens is 350 g/mol. The summed E-state index contributed by atoms with van der Waals surface area (Å²) in [6, 6.07) is 2.03. The average Bonchev–Trinajstić information content (AvgIpc) is 1.82. The number of hydrogen-bond acceptors (Lipinski definition) is 2. The van der Waals surface area contributed by atoms with Gasteiger partial charge in [-0.1, -0.05) is 13.8 Å². The van der Waals surface area contributed by atoms with Crippen molar-refractivity contribution in [3.05, 3.63) is 7.05 Å². The van der Waals surface area contributed by atoms with Crippen LogP contribution in [-0.2, 0) is 0 Å². The van der Waals surface area contributed by atoms with Gasteiger partial charge in [0.2, 0.25) is 0 Å². The van der Waals surface area contributed by atoms with Crippen LogP contribution >= 0.6 is 0 Å². The van der Waals surface area contributed by atoms with Gasteiger partial charge in [0.25, 0.3) is 0 Å². The minimum absolute atomic E-state index is 0. The summed E-state index contributed by atoms with van der Waals surface area (Å²) in [6.45, 7) is 4.17. The van der Waals surface area contributed by atoms with Gasteiger partial charge in [-0.3, -0.25) is 7.05 Å². The Morgan fingerprint density at radius 1 is 1.60 bits per heavy atom. The summed E-state index contributed by atoms with van der Waals surface area (Å²) < 4.78 is 0. The van der Waals surface area contributed by atoms with E-state index in [-0.39, 0.29) is 37.2 Å². The van der Waals surface area contributed by atoms with Gasteiger partial charge in [0.15, 0.2) is 0 Å². The topological polar surface area (TPSA) is 35.8 Å². The molecule has 1 N–H and O–H groups in total. The monoisotopic (exact) mass is 363 g/mol. The first-order chi connectivity index (χ1) is 4.20. The molecule has 1 atom stereocenters. The van der Waals surface area contributed by atoms with Crippen LogP contribution in [0, 0.1) is 55.4 Å². The van der Waals surface area contributed by atoms with Gasteiger partial charge in [0.1, 0.15) is 0 Å². The fourth-order valence-corrected chi connectivity index (χ4v) is 0.653. The predicted octanol–water partition coefficient (Wildman–Crippen LogP) is 1.31. The Morgan fingerprint density at radius 2 is 2.10 bits per heavy atom. The molecular formula is C7H13N2U-. The van der Waals surface area contributed by atoms with Crippen LogP contribution in [0.5, 0.6) is 0 Å². The number of nitrogens with zero attached hydrogens (tertiary/aromatic N) is 1. The van der Waals surface area contributed by atoms with E-state index in [1.807, 2.05) is 0 Å². The van der Waals surface area contributed by atoms with Gasteiger partial charge in [-0.25, -0.2) is 0 Å². The van der Waals surface area contributed by atoms with Crippen LogP contribution in [0.25, 0.3) is 0 Å². The van der Waals surface area contributed by atoms with Gasteiger partial charge in [-0.2, -0.15) is 5.26 Å². The molecule has 0 fully saturated rings. The molecule has 0 aliphatic heterocycles. The summed E-state index contributed by atoms with van der Waals surface area (Å²) in [5.41, 5.74) is 0. The number of rotatable bonds is 3. The van der Waals surface area contributed by atoms with Crippen LogP contribution in [0.1, 0.15) is 20.3 Å². The number of nitriles is 1. The molecule has 0 aromatic heterocycles. The van der Waals surface area contributed by atoms with Crippen molar-refractivity contribution < 1.29 is 31.1 Å². The third-order valence-corrected chi connectivity index (χ3v) is 1.11. The maximum atomic E-state index is 8.42. The fraction of sp³-hybridized carbons (Fsp3) is 0.714. The van der Waals surface area contributed by atoms with Crippen molar-refractivity contribution in [2.75, 3.05) is 0 Å². The maximum Gasteiger partial charge on any atom is 0.0785 e. The molecule has 0 aliphatic carbocycles. The van der Waals surface area contributed by atoms with E-state index in [0.29, 0.717) is 5.92 Å². The Balaban J connectivity index is 0. The summed E-state index contributed by atoms with van der Waals surface area (Å²) in [7, 11) is 3.44. The Bertz CT molecular complexity index is 107. The third-order valence-electron chi connectivity index (χ3n) is 1.11. The molecule has 0 bridgehead atoms. The molecule has 0 rings (SSSR count). The van der Waals surface area contributed by atoms with E-state index in [2.05, 4.69) is 32.3 Å². The maximum absolute atomic E-state index is 8.42. The van der Waals surface area contributed by atoms with E-state index in [1.165, 1.54) is 0 Å². The third kappa shape index (κ3) is 6.62. The van der Waals surface area contributed by atoms with Gasteiger partial charge < -0.3 is 5.32 Å². The van der Waals surface area contributed by atoms with E-state index in [0.717, 1.165) is 6.42 Å². The second-order valence-corrected chi connectivity index (χ2v) is 2.52. The second kappa shape index (κ2) is 7.61. The fourth-order valence-electron chi connectivity index (χ4n) is 0.653. The molecule has 0 aliphatic rings. The zero-order valence-electron chi connectivity index (χ0n) is 6.52. The van der Waals surface area contributed by atoms with Crippen LogP contribution in [0.4, 0.5) is 0 Å². The molecule has 0 amide bonds. The average molecular weight is 363 g/mol. The molecule has 0 aromatic rings. The molecule has 56 valence electrons. The van der Waals surface area contributed by atoms with Crippen LogP contribution in [0.3, 0.4) is 0 Å². The molecule has 2 nitrogen and oxygen atoms in total. The first kappa shape index (κ1) is 13.1. The summed E-state index contributed by atoms with van der Waals surface area (Å²) in [5, 5.41) is 11.1. The van der Waals surface area contributed by atoms with E-state index >= 15 is 0 Å². The minimum atomic E-state index is -0.0787. The van der Waals surface area contributed by atoms with Crippen molar-refractivity contribution in [1.29, 1.82) is 5.26 Å². The van der Waals surface area contributed by atoms with Crippen molar-refractivity contribution in [3.63, 3.8) is 0 Å². The predicted molar refractivity (Wildman–Crippen MR) is 37.3 cm³/mol. The normalized spacial score (nSPS) is 11.9.